The topological polar surface area (TPSA) is 57.6 Å². The number of sulfonamides is 1. The van der Waals surface area contributed by atoms with Crippen LogP contribution in [0.2, 0.25) is 4.34 Å². The average Bonchev–Trinajstić information content (AvgIpc) is 2.77. The smallest absolute Gasteiger partial charge is 0.252 e. The zero-order chi connectivity index (χ0) is 14.1. The summed E-state index contributed by atoms with van der Waals surface area (Å²) in [6.07, 6.45) is 4.35. The summed E-state index contributed by atoms with van der Waals surface area (Å²) in [5.41, 5.74) is -0.888. The number of likely N-dealkylation sites (N-methyl/N-ethyl adjacent to an activating group) is 1. The summed E-state index contributed by atoms with van der Waals surface area (Å²) in [5.74, 6) is 0. The van der Waals surface area contributed by atoms with Crippen LogP contribution < -0.4 is 0 Å². The monoisotopic (exact) mass is 323 g/mol. The Morgan fingerprint density at radius 2 is 2.00 bits per heavy atom. The molecule has 19 heavy (non-hydrogen) atoms. The minimum absolute atomic E-state index is 0.144. The molecule has 0 spiro atoms. The van der Waals surface area contributed by atoms with Crippen molar-refractivity contribution in [3.8, 4) is 0 Å². The third-order valence-electron chi connectivity index (χ3n) is 3.51. The van der Waals surface area contributed by atoms with Gasteiger partial charge in [-0.15, -0.1) is 11.3 Å². The van der Waals surface area contributed by atoms with Crippen molar-refractivity contribution < 1.29 is 13.5 Å². The third-order valence-corrected chi connectivity index (χ3v) is 7.02. The Kier molecular flexibility index (Phi) is 4.57. The van der Waals surface area contributed by atoms with Crippen molar-refractivity contribution in [1.29, 1.82) is 0 Å². The molecule has 7 heteroatoms. The van der Waals surface area contributed by atoms with Crippen molar-refractivity contribution in [1.82, 2.24) is 4.31 Å². The van der Waals surface area contributed by atoms with E-state index in [4.69, 9.17) is 11.6 Å². The number of thiophene rings is 1. The van der Waals surface area contributed by atoms with Crippen LogP contribution in [0.3, 0.4) is 0 Å². The van der Waals surface area contributed by atoms with Crippen molar-refractivity contribution in [2.24, 2.45) is 0 Å². The van der Waals surface area contributed by atoms with Gasteiger partial charge in [-0.1, -0.05) is 30.9 Å². The lowest BCUT2D eigenvalue weighted by Crippen LogP contribution is -2.44. The standard InChI is InChI=1S/C12H18ClNO3S2/c1-14(9-12(15)7-3-2-4-8-12)19(16,17)11-6-5-10(13)18-11/h5-6,15H,2-4,7-9H2,1H3. The van der Waals surface area contributed by atoms with Crippen LogP contribution >= 0.6 is 22.9 Å². The number of halogens is 1. The first-order valence-electron chi connectivity index (χ1n) is 6.28. The van der Waals surface area contributed by atoms with E-state index in [-0.39, 0.29) is 10.8 Å². The minimum atomic E-state index is -3.55. The van der Waals surface area contributed by atoms with Crippen LogP contribution in [0.25, 0.3) is 0 Å². The van der Waals surface area contributed by atoms with Gasteiger partial charge in [0.2, 0.25) is 0 Å². The zero-order valence-electron chi connectivity index (χ0n) is 10.8. The second kappa shape index (κ2) is 5.69. The predicted molar refractivity (Wildman–Crippen MR) is 77.2 cm³/mol. The number of nitrogens with zero attached hydrogens (tertiary/aromatic N) is 1. The SMILES string of the molecule is CN(CC1(O)CCCCC1)S(=O)(=O)c1ccc(Cl)s1. The van der Waals surface area contributed by atoms with E-state index in [0.29, 0.717) is 17.2 Å². The number of aliphatic hydroxyl groups is 1. The average molecular weight is 324 g/mol. The highest BCUT2D eigenvalue weighted by Gasteiger charge is 2.34. The molecule has 1 saturated carbocycles. The van der Waals surface area contributed by atoms with E-state index in [1.807, 2.05) is 0 Å². The highest BCUT2D eigenvalue weighted by atomic mass is 35.5. The van der Waals surface area contributed by atoms with Crippen LogP contribution in [0.15, 0.2) is 16.3 Å². The van der Waals surface area contributed by atoms with Crippen molar-refractivity contribution in [3.05, 3.63) is 16.5 Å². The maximum atomic E-state index is 12.3. The molecule has 2 rings (SSSR count). The molecular weight excluding hydrogens is 306 g/mol. The summed E-state index contributed by atoms with van der Waals surface area (Å²) in [7, 11) is -2.04. The minimum Gasteiger partial charge on any atom is -0.389 e. The van der Waals surface area contributed by atoms with Gasteiger partial charge in [0.05, 0.1) is 9.94 Å². The van der Waals surface area contributed by atoms with Crippen molar-refractivity contribution in [3.63, 3.8) is 0 Å². The summed E-state index contributed by atoms with van der Waals surface area (Å²) in [6, 6.07) is 3.08. The third kappa shape index (κ3) is 3.49. The highest BCUT2D eigenvalue weighted by Crippen LogP contribution is 2.32. The summed E-state index contributed by atoms with van der Waals surface area (Å²) >= 11 is 6.81. The molecule has 0 aliphatic heterocycles. The maximum Gasteiger partial charge on any atom is 0.252 e. The first-order valence-corrected chi connectivity index (χ1v) is 8.91. The largest absolute Gasteiger partial charge is 0.389 e. The van der Waals surface area contributed by atoms with Crippen LogP contribution in [0.5, 0.6) is 0 Å². The van der Waals surface area contributed by atoms with Gasteiger partial charge < -0.3 is 5.11 Å². The predicted octanol–water partition coefficient (Wildman–Crippen LogP) is 2.72. The van der Waals surface area contributed by atoms with Crippen molar-refractivity contribution in [2.45, 2.75) is 41.9 Å². The maximum absolute atomic E-state index is 12.3. The van der Waals surface area contributed by atoms with Gasteiger partial charge in [-0.2, -0.15) is 4.31 Å². The van der Waals surface area contributed by atoms with Gasteiger partial charge in [0, 0.05) is 13.6 Å². The lowest BCUT2D eigenvalue weighted by atomic mass is 9.85. The van der Waals surface area contributed by atoms with Crippen LogP contribution in [0.1, 0.15) is 32.1 Å². The molecule has 0 atom stereocenters. The Hall–Kier alpha value is -0.140. The molecule has 1 N–H and O–H groups in total. The van der Waals surface area contributed by atoms with Gasteiger partial charge in [-0.3, -0.25) is 0 Å². The van der Waals surface area contributed by atoms with E-state index in [1.165, 1.54) is 17.4 Å². The molecule has 0 unspecified atom stereocenters. The molecule has 0 amide bonds. The molecular formula is C12H18ClNO3S2. The lowest BCUT2D eigenvalue weighted by molar-refractivity contribution is -0.00719. The Morgan fingerprint density at radius 3 is 2.53 bits per heavy atom. The molecule has 0 aromatic carbocycles. The fourth-order valence-electron chi connectivity index (χ4n) is 2.46. The van der Waals surface area contributed by atoms with E-state index >= 15 is 0 Å². The Bertz CT molecular complexity index is 535. The van der Waals surface area contributed by atoms with Gasteiger partial charge in [-0.25, -0.2) is 8.42 Å². The van der Waals surface area contributed by atoms with Gasteiger partial charge in [0.15, 0.2) is 0 Å². The van der Waals surface area contributed by atoms with E-state index in [2.05, 4.69) is 0 Å². The van der Waals surface area contributed by atoms with Gasteiger partial charge in [0.25, 0.3) is 10.0 Å². The fourth-order valence-corrected chi connectivity index (χ4v) is 5.40. The number of hydrogen-bond donors (Lipinski definition) is 1. The first-order chi connectivity index (χ1) is 8.83. The van der Waals surface area contributed by atoms with Crippen LogP contribution in [0.4, 0.5) is 0 Å². The van der Waals surface area contributed by atoms with Crippen molar-refractivity contribution >= 4 is 33.0 Å². The highest BCUT2D eigenvalue weighted by molar-refractivity contribution is 7.91. The molecule has 1 fully saturated rings. The summed E-state index contributed by atoms with van der Waals surface area (Å²) in [4.78, 5) is 0. The number of hydrogen-bond acceptors (Lipinski definition) is 4. The lowest BCUT2D eigenvalue weighted by Gasteiger charge is -2.34. The summed E-state index contributed by atoms with van der Waals surface area (Å²) in [5, 5.41) is 10.4. The molecule has 108 valence electrons. The first kappa shape index (κ1) is 15.3. The number of rotatable bonds is 4. The Balaban J connectivity index is 2.12. The summed E-state index contributed by atoms with van der Waals surface area (Å²) < 4.78 is 26.6. The van der Waals surface area contributed by atoms with Crippen LogP contribution in [-0.2, 0) is 10.0 Å². The molecule has 0 bridgehead atoms. The van der Waals surface area contributed by atoms with E-state index in [9.17, 15) is 13.5 Å². The molecule has 4 nitrogen and oxygen atoms in total. The molecule has 1 heterocycles. The molecule has 0 saturated heterocycles. The quantitative estimate of drug-likeness (QED) is 0.927. The van der Waals surface area contributed by atoms with Crippen molar-refractivity contribution in [2.75, 3.05) is 13.6 Å². The van der Waals surface area contributed by atoms with Gasteiger partial charge >= 0.3 is 0 Å². The van der Waals surface area contributed by atoms with E-state index < -0.39 is 15.6 Å². The normalized spacial score (nSPS) is 19.8. The van der Waals surface area contributed by atoms with Crippen LogP contribution in [0, 0.1) is 0 Å². The molecule has 1 aromatic rings. The van der Waals surface area contributed by atoms with E-state index in [0.717, 1.165) is 30.6 Å². The van der Waals surface area contributed by atoms with Gasteiger partial charge in [0.1, 0.15) is 4.21 Å². The van der Waals surface area contributed by atoms with Crippen LogP contribution in [-0.4, -0.2) is 37.0 Å². The Morgan fingerprint density at radius 1 is 1.37 bits per heavy atom. The zero-order valence-corrected chi connectivity index (χ0v) is 13.2. The van der Waals surface area contributed by atoms with Gasteiger partial charge in [-0.05, 0) is 25.0 Å². The Labute approximate surface area is 123 Å². The fraction of sp³-hybridized carbons (Fsp3) is 0.667. The second-order valence-corrected chi connectivity index (χ2v) is 9.09. The second-order valence-electron chi connectivity index (χ2n) is 5.10. The molecule has 0 radical (unpaired) electrons. The molecule has 1 aliphatic carbocycles. The molecule has 1 aromatic heterocycles. The summed E-state index contributed by atoms with van der Waals surface area (Å²) in [6.45, 7) is 0.144. The van der Waals surface area contributed by atoms with E-state index in [1.54, 1.807) is 6.07 Å². The molecule has 1 aliphatic rings.